The summed E-state index contributed by atoms with van der Waals surface area (Å²) in [4.78, 5) is 11.7. The standard InChI is InChI=1S/C12H16ClN3O/c13-11-7-6-10(15-16-11)12(17)14-8-9-4-2-1-3-5-9/h6-7,9H,1-5,8H2,(H,14,17). The normalized spacial score (nSPS) is 16.8. The van der Waals surface area contributed by atoms with E-state index < -0.39 is 0 Å². The highest BCUT2D eigenvalue weighted by Gasteiger charge is 2.15. The highest BCUT2D eigenvalue weighted by Crippen LogP contribution is 2.22. The number of carbonyl (C=O) groups excluding carboxylic acids is 1. The summed E-state index contributed by atoms with van der Waals surface area (Å²) in [6.45, 7) is 0.739. The molecule has 5 heteroatoms. The lowest BCUT2D eigenvalue weighted by atomic mass is 9.89. The first-order chi connectivity index (χ1) is 8.25. The van der Waals surface area contributed by atoms with Gasteiger partial charge in [0.2, 0.25) is 0 Å². The van der Waals surface area contributed by atoms with E-state index in [1.54, 1.807) is 12.1 Å². The summed E-state index contributed by atoms with van der Waals surface area (Å²) in [5.74, 6) is 0.452. The lowest BCUT2D eigenvalue weighted by Crippen LogP contribution is -2.30. The van der Waals surface area contributed by atoms with Crippen molar-refractivity contribution in [1.29, 1.82) is 0 Å². The Morgan fingerprint density at radius 1 is 1.29 bits per heavy atom. The number of amides is 1. The molecule has 0 saturated heterocycles. The van der Waals surface area contributed by atoms with Gasteiger partial charge in [-0.25, -0.2) is 0 Å². The Kier molecular flexibility index (Phi) is 4.31. The summed E-state index contributed by atoms with van der Waals surface area (Å²) >= 11 is 5.61. The van der Waals surface area contributed by atoms with Gasteiger partial charge in [-0.3, -0.25) is 4.79 Å². The minimum absolute atomic E-state index is 0.167. The summed E-state index contributed by atoms with van der Waals surface area (Å²) in [7, 11) is 0. The summed E-state index contributed by atoms with van der Waals surface area (Å²) in [5.41, 5.74) is 0.324. The molecular weight excluding hydrogens is 238 g/mol. The molecule has 0 bridgehead atoms. The molecule has 1 aromatic heterocycles. The molecule has 1 aromatic rings. The first-order valence-corrected chi connectivity index (χ1v) is 6.41. The zero-order valence-electron chi connectivity index (χ0n) is 9.66. The molecule has 1 fully saturated rings. The number of rotatable bonds is 3. The molecule has 92 valence electrons. The fourth-order valence-corrected chi connectivity index (χ4v) is 2.26. The predicted molar refractivity (Wildman–Crippen MR) is 66.0 cm³/mol. The van der Waals surface area contributed by atoms with Crippen molar-refractivity contribution in [2.24, 2.45) is 5.92 Å². The molecule has 1 aliphatic rings. The number of hydrogen-bond acceptors (Lipinski definition) is 3. The second kappa shape index (κ2) is 5.96. The number of aromatic nitrogens is 2. The van der Waals surface area contributed by atoms with Crippen LogP contribution in [0, 0.1) is 5.92 Å². The summed E-state index contributed by atoms with van der Waals surface area (Å²) in [6.07, 6.45) is 6.31. The average Bonchev–Trinajstić information content (AvgIpc) is 2.38. The minimum Gasteiger partial charge on any atom is -0.350 e. The molecule has 17 heavy (non-hydrogen) atoms. The highest BCUT2D eigenvalue weighted by atomic mass is 35.5. The number of nitrogens with zero attached hydrogens (tertiary/aromatic N) is 2. The molecule has 4 nitrogen and oxygen atoms in total. The van der Waals surface area contributed by atoms with E-state index in [9.17, 15) is 4.79 Å². The molecule has 0 radical (unpaired) electrons. The lowest BCUT2D eigenvalue weighted by Gasteiger charge is -2.21. The Hall–Kier alpha value is -1.16. The Labute approximate surface area is 106 Å². The first-order valence-electron chi connectivity index (χ1n) is 6.03. The number of hydrogen-bond donors (Lipinski definition) is 1. The van der Waals surface area contributed by atoms with Crippen LogP contribution in [-0.2, 0) is 0 Å². The van der Waals surface area contributed by atoms with Crippen molar-refractivity contribution in [3.05, 3.63) is 23.0 Å². The summed E-state index contributed by atoms with van der Waals surface area (Å²) in [6, 6.07) is 3.16. The van der Waals surface area contributed by atoms with Crippen LogP contribution in [0.5, 0.6) is 0 Å². The van der Waals surface area contributed by atoms with E-state index in [0.717, 1.165) is 6.54 Å². The van der Waals surface area contributed by atoms with Gasteiger partial charge in [-0.1, -0.05) is 30.9 Å². The fourth-order valence-electron chi connectivity index (χ4n) is 2.16. The Morgan fingerprint density at radius 2 is 2.06 bits per heavy atom. The van der Waals surface area contributed by atoms with Crippen LogP contribution in [0.3, 0.4) is 0 Å². The van der Waals surface area contributed by atoms with Gasteiger partial charge in [0, 0.05) is 6.54 Å². The van der Waals surface area contributed by atoms with Crippen molar-refractivity contribution in [2.75, 3.05) is 6.54 Å². The molecule has 0 aliphatic heterocycles. The van der Waals surface area contributed by atoms with Crippen LogP contribution in [0.25, 0.3) is 0 Å². The molecule has 1 heterocycles. The molecule has 0 spiro atoms. The van der Waals surface area contributed by atoms with Crippen molar-refractivity contribution in [3.8, 4) is 0 Å². The second-order valence-corrected chi connectivity index (χ2v) is 4.84. The van der Waals surface area contributed by atoms with Gasteiger partial charge in [0.25, 0.3) is 5.91 Å². The fraction of sp³-hybridized carbons (Fsp3) is 0.583. The van der Waals surface area contributed by atoms with Gasteiger partial charge in [-0.15, -0.1) is 10.2 Å². The van der Waals surface area contributed by atoms with Crippen molar-refractivity contribution < 1.29 is 4.79 Å². The third-order valence-electron chi connectivity index (χ3n) is 3.14. The van der Waals surface area contributed by atoms with Gasteiger partial charge in [-0.05, 0) is 30.9 Å². The molecule has 2 rings (SSSR count). The van der Waals surface area contributed by atoms with Gasteiger partial charge < -0.3 is 5.32 Å². The van der Waals surface area contributed by atoms with E-state index in [1.165, 1.54) is 32.1 Å². The predicted octanol–water partition coefficient (Wildman–Crippen LogP) is 2.44. The molecule has 0 atom stereocenters. The van der Waals surface area contributed by atoms with Crippen molar-refractivity contribution in [2.45, 2.75) is 32.1 Å². The van der Waals surface area contributed by atoms with E-state index in [-0.39, 0.29) is 5.91 Å². The molecular formula is C12H16ClN3O. The topological polar surface area (TPSA) is 54.9 Å². The minimum atomic E-state index is -0.167. The van der Waals surface area contributed by atoms with Crippen LogP contribution in [0.2, 0.25) is 5.15 Å². The third kappa shape index (κ3) is 3.66. The van der Waals surface area contributed by atoms with Crippen molar-refractivity contribution >= 4 is 17.5 Å². The smallest absolute Gasteiger partial charge is 0.271 e. The van der Waals surface area contributed by atoms with Gasteiger partial charge in [0.05, 0.1) is 0 Å². The van der Waals surface area contributed by atoms with Crippen LogP contribution < -0.4 is 5.32 Å². The molecule has 1 amide bonds. The Balaban J connectivity index is 1.82. The maximum Gasteiger partial charge on any atom is 0.271 e. The zero-order chi connectivity index (χ0) is 12.1. The maximum atomic E-state index is 11.7. The zero-order valence-corrected chi connectivity index (χ0v) is 10.4. The van der Waals surface area contributed by atoms with Crippen molar-refractivity contribution in [3.63, 3.8) is 0 Å². The quantitative estimate of drug-likeness (QED) is 0.900. The number of carbonyl (C=O) groups is 1. The summed E-state index contributed by atoms with van der Waals surface area (Å²) in [5, 5.41) is 10.6. The first kappa shape index (κ1) is 12.3. The largest absolute Gasteiger partial charge is 0.350 e. The van der Waals surface area contributed by atoms with E-state index in [4.69, 9.17) is 11.6 Å². The second-order valence-electron chi connectivity index (χ2n) is 4.46. The van der Waals surface area contributed by atoms with Crippen LogP contribution >= 0.6 is 11.6 Å². The van der Waals surface area contributed by atoms with E-state index in [0.29, 0.717) is 16.8 Å². The van der Waals surface area contributed by atoms with Crippen LogP contribution in [-0.4, -0.2) is 22.6 Å². The van der Waals surface area contributed by atoms with E-state index in [2.05, 4.69) is 15.5 Å². The van der Waals surface area contributed by atoms with Gasteiger partial charge in [0.15, 0.2) is 10.8 Å². The molecule has 0 unspecified atom stereocenters. The molecule has 0 aromatic carbocycles. The van der Waals surface area contributed by atoms with Crippen LogP contribution in [0.4, 0.5) is 0 Å². The molecule has 1 N–H and O–H groups in total. The third-order valence-corrected chi connectivity index (χ3v) is 3.34. The number of nitrogens with one attached hydrogen (secondary N) is 1. The Bertz CT molecular complexity index is 374. The van der Waals surface area contributed by atoms with Crippen molar-refractivity contribution in [1.82, 2.24) is 15.5 Å². The van der Waals surface area contributed by atoms with Gasteiger partial charge in [-0.2, -0.15) is 0 Å². The van der Waals surface area contributed by atoms with E-state index in [1.807, 2.05) is 0 Å². The number of halogens is 1. The average molecular weight is 254 g/mol. The highest BCUT2D eigenvalue weighted by molar-refractivity contribution is 6.29. The van der Waals surface area contributed by atoms with Gasteiger partial charge >= 0.3 is 0 Å². The van der Waals surface area contributed by atoms with E-state index >= 15 is 0 Å². The molecule has 1 saturated carbocycles. The van der Waals surface area contributed by atoms with Crippen LogP contribution in [0.15, 0.2) is 12.1 Å². The maximum absolute atomic E-state index is 11.7. The van der Waals surface area contributed by atoms with Crippen LogP contribution in [0.1, 0.15) is 42.6 Å². The van der Waals surface area contributed by atoms with Gasteiger partial charge in [0.1, 0.15) is 0 Å². The SMILES string of the molecule is O=C(NCC1CCCCC1)c1ccc(Cl)nn1. The Morgan fingerprint density at radius 3 is 2.71 bits per heavy atom. The monoisotopic (exact) mass is 253 g/mol. The lowest BCUT2D eigenvalue weighted by molar-refractivity contribution is 0.0937. The summed E-state index contributed by atoms with van der Waals surface area (Å²) < 4.78 is 0. The molecule has 1 aliphatic carbocycles.